The van der Waals surface area contributed by atoms with Crippen LogP contribution < -0.4 is 0 Å². The van der Waals surface area contributed by atoms with E-state index < -0.39 is 0 Å². The molecule has 1 aromatic heterocycles. The summed E-state index contributed by atoms with van der Waals surface area (Å²) >= 11 is 0. The van der Waals surface area contributed by atoms with Crippen LogP contribution in [-0.2, 0) is 22.7 Å². The summed E-state index contributed by atoms with van der Waals surface area (Å²) in [6.45, 7) is 9.04. The third-order valence-corrected chi connectivity index (χ3v) is 7.36. The molecule has 3 heterocycles. The summed E-state index contributed by atoms with van der Waals surface area (Å²) in [5.74, 6) is 2.14. The van der Waals surface area contributed by atoms with Crippen LogP contribution in [-0.4, -0.2) is 56.0 Å². The van der Waals surface area contributed by atoms with Crippen molar-refractivity contribution in [2.45, 2.75) is 66.0 Å². The molecule has 32 heavy (non-hydrogen) atoms. The number of hydrogen-bond acceptors (Lipinski definition) is 4. The number of benzene rings is 1. The summed E-state index contributed by atoms with van der Waals surface area (Å²) in [5.41, 5.74) is 0.837. The molecule has 0 saturated carbocycles. The summed E-state index contributed by atoms with van der Waals surface area (Å²) in [6.07, 6.45) is 4.83. The molecule has 1 unspecified atom stereocenters. The highest BCUT2D eigenvalue weighted by atomic mass is 16.2. The van der Waals surface area contributed by atoms with E-state index in [0.717, 1.165) is 44.5 Å². The van der Waals surface area contributed by atoms with Crippen molar-refractivity contribution in [2.24, 2.45) is 11.3 Å². The number of amides is 2. The zero-order chi connectivity index (χ0) is 22.7. The fraction of sp³-hybridized carbons (Fsp3) is 0.600. The lowest BCUT2D eigenvalue weighted by Crippen LogP contribution is -2.49. The van der Waals surface area contributed by atoms with Gasteiger partial charge in [-0.3, -0.25) is 9.59 Å². The van der Waals surface area contributed by atoms with E-state index in [9.17, 15) is 9.59 Å². The topological polar surface area (TPSA) is 71.3 Å². The largest absolute Gasteiger partial charge is 0.341 e. The highest BCUT2D eigenvalue weighted by molar-refractivity contribution is 5.83. The lowest BCUT2D eigenvalue weighted by molar-refractivity contribution is -0.146. The van der Waals surface area contributed by atoms with Gasteiger partial charge in [-0.05, 0) is 51.0 Å². The van der Waals surface area contributed by atoms with E-state index in [1.165, 1.54) is 5.56 Å². The van der Waals surface area contributed by atoms with Gasteiger partial charge in [0.15, 0.2) is 0 Å². The average molecular weight is 438 g/mol. The van der Waals surface area contributed by atoms with Crippen LogP contribution in [0.1, 0.15) is 56.2 Å². The summed E-state index contributed by atoms with van der Waals surface area (Å²) in [4.78, 5) is 34.8. The van der Waals surface area contributed by atoms with E-state index in [1.807, 2.05) is 36.9 Å². The van der Waals surface area contributed by atoms with Gasteiger partial charge in [0.2, 0.25) is 11.8 Å². The van der Waals surface area contributed by atoms with Crippen molar-refractivity contribution < 1.29 is 9.59 Å². The number of piperidine rings is 1. The molecule has 0 N–H and O–H groups in total. The molecule has 2 fully saturated rings. The lowest BCUT2D eigenvalue weighted by Gasteiger charge is -2.43. The van der Waals surface area contributed by atoms with Crippen LogP contribution in [0.4, 0.5) is 0 Å². The SMILES string of the molecule is Cc1nc(C)n(CC(=O)N2CCC(C3(C)CCCCN(Cc4ccccc4)C3=O)CC2)n1. The van der Waals surface area contributed by atoms with Gasteiger partial charge in [-0.25, -0.2) is 9.67 Å². The van der Waals surface area contributed by atoms with E-state index in [1.54, 1.807) is 4.68 Å². The fourth-order valence-corrected chi connectivity index (χ4v) is 5.40. The normalized spacial score (nSPS) is 22.8. The first-order valence-electron chi connectivity index (χ1n) is 11.9. The number of nitrogens with zero attached hydrogens (tertiary/aromatic N) is 5. The monoisotopic (exact) mass is 437 g/mol. The highest BCUT2D eigenvalue weighted by Crippen LogP contribution is 2.43. The smallest absolute Gasteiger partial charge is 0.244 e. The molecule has 2 aromatic rings. The van der Waals surface area contributed by atoms with Gasteiger partial charge in [-0.15, -0.1) is 0 Å². The van der Waals surface area contributed by atoms with Crippen LogP contribution >= 0.6 is 0 Å². The Bertz CT molecular complexity index is 948. The molecular weight excluding hydrogens is 402 g/mol. The predicted molar refractivity (Wildman–Crippen MR) is 123 cm³/mol. The minimum Gasteiger partial charge on any atom is -0.341 e. The van der Waals surface area contributed by atoms with Crippen molar-refractivity contribution in [3.63, 3.8) is 0 Å². The van der Waals surface area contributed by atoms with Gasteiger partial charge in [0.1, 0.15) is 18.2 Å². The maximum Gasteiger partial charge on any atom is 0.244 e. The number of rotatable bonds is 5. The van der Waals surface area contributed by atoms with Crippen molar-refractivity contribution in [1.29, 1.82) is 0 Å². The van der Waals surface area contributed by atoms with Crippen molar-refractivity contribution in [2.75, 3.05) is 19.6 Å². The molecule has 0 spiro atoms. The fourth-order valence-electron chi connectivity index (χ4n) is 5.40. The summed E-state index contributed by atoms with van der Waals surface area (Å²) in [7, 11) is 0. The molecule has 0 aliphatic carbocycles. The second-order valence-corrected chi connectivity index (χ2v) is 9.61. The Hall–Kier alpha value is -2.70. The molecule has 1 atom stereocenters. The molecule has 2 aliphatic heterocycles. The molecule has 2 saturated heterocycles. The Kier molecular flexibility index (Phi) is 6.63. The van der Waals surface area contributed by atoms with E-state index >= 15 is 0 Å². The number of likely N-dealkylation sites (tertiary alicyclic amines) is 2. The zero-order valence-corrected chi connectivity index (χ0v) is 19.6. The minimum absolute atomic E-state index is 0.0829. The van der Waals surface area contributed by atoms with E-state index in [4.69, 9.17) is 0 Å². The standard InChI is InChI=1S/C25H35N5O2/c1-19-26-20(2)30(27-19)18-23(31)28-15-11-22(12-16-28)25(3)13-7-8-14-29(24(25)32)17-21-9-5-4-6-10-21/h4-6,9-10,22H,7-8,11-18H2,1-3H3. The number of carbonyl (C=O) groups is 2. The predicted octanol–water partition coefficient (Wildman–Crippen LogP) is 3.35. The third-order valence-electron chi connectivity index (χ3n) is 7.36. The van der Waals surface area contributed by atoms with E-state index in [0.29, 0.717) is 31.4 Å². The van der Waals surface area contributed by atoms with Gasteiger partial charge in [0.25, 0.3) is 0 Å². The van der Waals surface area contributed by atoms with Gasteiger partial charge in [0, 0.05) is 31.6 Å². The molecule has 0 bridgehead atoms. The maximum atomic E-state index is 13.7. The Morgan fingerprint density at radius 1 is 1.09 bits per heavy atom. The Morgan fingerprint density at radius 2 is 1.81 bits per heavy atom. The molecule has 7 nitrogen and oxygen atoms in total. The van der Waals surface area contributed by atoms with Crippen LogP contribution in [0.3, 0.4) is 0 Å². The first-order chi connectivity index (χ1) is 15.4. The number of aromatic nitrogens is 3. The second-order valence-electron chi connectivity index (χ2n) is 9.61. The Labute approximate surface area is 190 Å². The molecule has 2 aliphatic rings. The van der Waals surface area contributed by atoms with Crippen LogP contribution in [0.25, 0.3) is 0 Å². The lowest BCUT2D eigenvalue weighted by atomic mass is 9.69. The average Bonchev–Trinajstić information content (AvgIpc) is 3.04. The second kappa shape index (κ2) is 9.43. The molecule has 7 heteroatoms. The van der Waals surface area contributed by atoms with Crippen LogP contribution in [0.5, 0.6) is 0 Å². The summed E-state index contributed by atoms with van der Waals surface area (Å²) in [6, 6.07) is 10.3. The van der Waals surface area contributed by atoms with Crippen LogP contribution in [0, 0.1) is 25.2 Å². The van der Waals surface area contributed by atoms with Gasteiger partial charge in [0.05, 0.1) is 0 Å². The minimum atomic E-state index is -0.347. The first kappa shape index (κ1) is 22.5. The van der Waals surface area contributed by atoms with Crippen molar-refractivity contribution in [3.8, 4) is 0 Å². The van der Waals surface area contributed by atoms with E-state index in [2.05, 4.69) is 34.0 Å². The highest BCUT2D eigenvalue weighted by Gasteiger charge is 2.45. The first-order valence-corrected chi connectivity index (χ1v) is 11.9. The molecular formula is C25H35N5O2. The number of hydrogen-bond donors (Lipinski definition) is 0. The van der Waals surface area contributed by atoms with Gasteiger partial charge in [-0.1, -0.05) is 43.7 Å². The number of carbonyl (C=O) groups excluding carboxylic acids is 2. The van der Waals surface area contributed by atoms with Crippen molar-refractivity contribution >= 4 is 11.8 Å². The molecule has 1 aromatic carbocycles. The van der Waals surface area contributed by atoms with Gasteiger partial charge < -0.3 is 9.80 Å². The third kappa shape index (κ3) is 4.71. The zero-order valence-electron chi connectivity index (χ0n) is 19.6. The Balaban J connectivity index is 1.39. The van der Waals surface area contributed by atoms with Crippen LogP contribution in [0.15, 0.2) is 30.3 Å². The van der Waals surface area contributed by atoms with Crippen LogP contribution in [0.2, 0.25) is 0 Å². The molecule has 4 rings (SSSR count). The molecule has 172 valence electrons. The number of aryl methyl sites for hydroxylation is 2. The maximum absolute atomic E-state index is 13.7. The van der Waals surface area contributed by atoms with E-state index in [-0.39, 0.29) is 23.8 Å². The van der Waals surface area contributed by atoms with Crippen molar-refractivity contribution in [3.05, 3.63) is 47.5 Å². The van der Waals surface area contributed by atoms with Gasteiger partial charge >= 0.3 is 0 Å². The Morgan fingerprint density at radius 3 is 2.47 bits per heavy atom. The van der Waals surface area contributed by atoms with Crippen molar-refractivity contribution in [1.82, 2.24) is 24.6 Å². The summed E-state index contributed by atoms with van der Waals surface area (Å²) in [5, 5.41) is 4.32. The molecule has 2 amide bonds. The van der Waals surface area contributed by atoms with Gasteiger partial charge in [-0.2, -0.15) is 5.10 Å². The molecule has 0 radical (unpaired) electrons. The summed E-state index contributed by atoms with van der Waals surface area (Å²) < 4.78 is 1.68. The quantitative estimate of drug-likeness (QED) is 0.719.